The molecule has 0 aliphatic rings. The van der Waals surface area contributed by atoms with Crippen LogP contribution in [-0.4, -0.2) is 23.5 Å². The van der Waals surface area contributed by atoms with Crippen LogP contribution in [0.5, 0.6) is 0 Å². The number of nitrogens with two attached hydrogens (primary N) is 1. The van der Waals surface area contributed by atoms with Gasteiger partial charge in [0, 0.05) is 4.47 Å². The molecule has 1 aromatic rings. The van der Waals surface area contributed by atoms with Crippen LogP contribution in [-0.2, 0) is 15.0 Å². The Morgan fingerprint density at radius 3 is 2.36 bits per heavy atom. The summed E-state index contributed by atoms with van der Waals surface area (Å²) in [6.45, 7) is 6.05. The molecule has 0 aromatic heterocycles. The van der Waals surface area contributed by atoms with Gasteiger partial charge in [0.25, 0.3) is 0 Å². The molecule has 1 rings (SSSR count). The fraction of sp³-hybridized carbons (Fsp3) is 0.467. The zero-order valence-corrected chi connectivity index (χ0v) is 15.3. The van der Waals surface area contributed by atoms with Crippen LogP contribution in [0.2, 0.25) is 0 Å². The number of nitrogens with one attached hydrogen (secondary N) is 1. The van der Waals surface area contributed by atoms with Gasteiger partial charge >= 0.3 is 5.97 Å². The number of hydrogen-bond acceptors (Lipinski definition) is 3. The zero-order valence-electron chi connectivity index (χ0n) is 12.9. The quantitative estimate of drug-likeness (QED) is 0.717. The van der Waals surface area contributed by atoms with E-state index < -0.39 is 12.0 Å². The van der Waals surface area contributed by atoms with E-state index in [2.05, 4.69) is 42.0 Å². The third kappa shape index (κ3) is 6.34. The van der Waals surface area contributed by atoms with Gasteiger partial charge in [-0.15, -0.1) is 12.4 Å². The normalized spacial score (nSPS) is 12.2. The van der Waals surface area contributed by atoms with Crippen molar-refractivity contribution >= 4 is 40.2 Å². The average Bonchev–Trinajstić information content (AvgIpc) is 2.35. The Balaban J connectivity index is 0.00000441. The van der Waals surface area contributed by atoms with Crippen LogP contribution in [0.25, 0.3) is 0 Å². The lowest BCUT2D eigenvalue weighted by Gasteiger charge is -2.23. The highest BCUT2D eigenvalue weighted by molar-refractivity contribution is 9.10. The van der Waals surface area contributed by atoms with E-state index in [-0.39, 0.29) is 36.7 Å². The third-order valence-corrected chi connectivity index (χ3v) is 3.55. The molecular weight excluding hydrogens is 372 g/mol. The van der Waals surface area contributed by atoms with Crippen molar-refractivity contribution in [3.8, 4) is 0 Å². The lowest BCUT2D eigenvalue weighted by Crippen LogP contribution is -2.35. The van der Waals surface area contributed by atoms with E-state index in [1.807, 2.05) is 18.2 Å². The SMILES string of the molecule is CC(C)(C)c1cc(Br)cc(C(CC(=O)O)NC(=O)CN)c1.Cl. The summed E-state index contributed by atoms with van der Waals surface area (Å²) < 4.78 is 0.849. The summed E-state index contributed by atoms with van der Waals surface area (Å²) in [5, 5.41) is 11.7. The number of carbonyl (C=O) groups is 2. The minimum absolute atomic E-state index is 0. The van der Waals surface area contributed by atoms with Crippen molar-refractivity contribution in [2.45, 2.75) is 38.6 Å². The Kier molecular flexibility index (Phi) is 8.07. The van der Waals surface area contributed by atoms with Crippen LogP contribution < -0.4 is 11.1 Å². The molecule has 0 heterocycles. The first-order valence-electron chi connectivity index (χ1n) is 6.65. The van der Waals surface area contributed by atoms with E-state index in [0.29, 0.717) is 0 Å². The second-order valence-corrected chi connectivity index (χ2v) is 6.86. The van der Waals surface area contributed by atoms with E-state index in [1.165, 1.54) is 0 Å². The molecule has 7 heteroatoms. The molecule has 1 unspecified atom stereocenters. The highest BCUT2D eigenvalue weighted by atomic mass is 79.9. The molecule has 0 saturated heterocycles. The largest absolute Gasteiger partial charge is 0.481 e. The molecule has 5 nitrogen and oxygen atoms in total. The first-order valence-corrected chi connectivity index (χ1v) is 7.45. The van der Waals surface area contributed by atoms with E-state index in [0.717, 1.165) is 15.6 Å². The standard InChI is InChI=1S/C15H21BrN2O3.ClH/c1-15(2,3)10-4-9(5-11(16)6-10)12(7-14(20)21)18-13(19)8-17;/h4-6,12H,7-8,17H2,1-3H3,(H,18,19)(H,20,21);1H. The van der Waals surface area contributed by atoms with Gasteiger partial charge in [-0.1, -0.05) is 42.8 Å². The summed E-state index contributed by atoms with van der Waals surface area (Å²) >= 11 is 3.44. The van der Waals surface area contributed by atoms with E-state index in [1.54, 1.807) is 0 Å². The summed E-state index contributed by atoms with van der Waals surface area (Å²) in [5.41, 5.74) is 7.02. The molecule has 124 valence electrons. The Bertz CT molecular complexity index is 544. The van der Waals surface area contributed by atoms with Gasteiger partial charge in [0.2, 0.25) is 5.91 Å². The van der Waals surface area contributed by atoms with Crippen LogP contribution in [0, 0.1) is 0 Å². The number of benzene rings is 1. The number of carbonyl (C=O) groups excluding carboxylic acids is 1. The molecule has 0 fully saturated rings. The number of rotatable bonds is 5. The first kappa shape index (κ1) is 20.9. The lowest BCUT2D eigenvalue weighted by atomic mass is 9.85. The van der Waals surface area contributed by atoms with Gasteiger partial charge in [-0.3, -0.25) is 9.59 Å². The van der Waals surface area contributed by atoms with E-state index in [4.69, 9.17) is 10.8 Å². The molecule has 1 amide bonds. The number of halogens is 2. The maximum atomic E-state index is 11.5. The number of amides is 1. The van der Waals surface area contributed by atoms with E-state index in [9.17, 15) is 9.59 Å². The molecule has 22 heavy (non-hydrogen) atoms. The summed E-state index contributed by atoms with van der Waals surface area (Å²) in [5.74, 6) is -1.35. The lowest BCUT2D eigenvalue weighted by molar-refractivity contribution is -0.137. The van der Waals surface area contributed by atoms with Gasteiger partial charge in [-0.2, -0.15) is 0 Å². The highest BCUT2D eigenvalue weighted by Gasteiger charge is 2.21. The number of hydrogen-bond donors (Lipinski definition) is 3. The van der Waals surface area contributed by atoms with Crippen LogP contribution in [0.4, 0.5) is 0 Å². The molecule has 4 N–H and O–H groups in total. The average molecular weight is 394 g/mol. The Morgan fingerprint density at radius 2 is 1.91 bits per heavy atom. The van der Waals surface area contributed by atoms with Crippen LogP contribution in [0.3, 0.4) is 0 Å². The fourth-order valence-corrected chi connectivity index (χ4v) is 2.44. The molecule has 0 radical (unpaired) electrons. The van der Waals surface area contributed by atoms with Crippen molar-refractivity contribution in [3.63, 3.8) is 0 Å². The molecule has 1 atom stereocenters. The maximum Gasteiger partial charge on any atom is 0.305 e. The summed E-state index contributed by atoms with van der Waals surface area (Å²) in [4.78, 5) is 22.5. The Morgan fingerprint density at radius 1 is 1.32 bits per heavy atom. The van der Waals surface area contributed by atoms with Gasteiger partial charge in [0.15, 0.2) is 0 Å². The smallest absolute Gasteiger partial charge is 0.305 e. The van der Waals surface area contributed by atoms with Crippen LogP contribution in [0.1, 0.15) is 44.4 Å². The minimum Gasteiger partial charge on any atom is -0.481 e. The van der Waals surface area contributed by atoms with Gasteiger partial charge in [-0.25, -0.2) is 0 Å². The van der Waals surface area contributed by atoms with Gasteiger partial charge in [-0.05, 0) is 28.7 Å². The van der Waals surface area contributed by atoms with Crippen LogP contribution in [0.15, 0.2) is 22.7 Å². The monoisotopic (exact) mass is 392 g/mol. The van der Waals surface area contributed by atoms with Gasteiger partial charge in [0.1, 0.15) is 0 Å². The summed E-state index contributed by atoms with van der Waals surface area (Å²) in [6, 6.07) is 5.14. The second kappa shape index (κ2) is 8.50. The van der Waals surface area contributed by atoms with Crippen molar-refractivity contribution in [2.24, 2.45) is 5.73 Å². The fourth-order valence-electron chi connectivity index (χ4n) is 1.93. The highest BCUT2D eigenvalue weighted by Crippen LogP contribution is 2.30. The Hall–Kier alpha value is -1.11. The van der Waals surface area contributed by atoms with Crippen molar-refractivity contribution < 1.29 is 14.7 Å². The van der Waals surface area contributed by atoms with Crippen molar-refractivity contribution in [1.82, 2.24) is 5.32 Å². The van der Waals surface area contributed by atoms with Gasteiger partial charge < -0.3 is 16.2 Å². The van der Waals surface area contributed by atoms with Gasteiger partial charge in [0.05, 0.1) is 19.0 Å². The third-order valence-electron chi connectivity index (χ3n) is 3.09. The minimum atomic E-state index is -0.977. The predicted molar refractivity (Wildman–Crippen MR) is 92.3 cm³/mol. The number of carboxylic acid groups (broad SMARTS) is 1. The van der Waals surface area contributed by atoms with Crippen molar-refractivity contribution in [1.29, 1.82) is 0 Å². The summed E-state index contributed by atoms with van der Waals surface area (Å²) in [6.07, 6.45) is -0.189. The zero-order chi connectivity index (χ0) is 16.2. The summed E-state index contributed by atoms with van der Waals surface area (Å²) in [7, 11) is 0. The first-order chi connectivity index (χ1) is 9.63. The number of carboxylic acids is 1. The second-order valence-electron chi connectivity index (χ2n) is 5.95. The molecule has 0 aliphatic heterocycles. The number of aliphatic carboxylic acids is 1. The molecule has 1 aromatic carbocycles. The predicted octanol–water partition coefficient (Wildman–Crippen LogP) is 2.76. The molecule has 0 bridgehead atoms. The van der Waals surface area contributed by atoms with E-state index >= 15 is 0 Å². The molecule has 0 saturated carbocycles. The molecule has 0 spiro atoms. The van der Waals surface area contributed by atoms with Crippen LogP contribution >= 0.6 is 28.3 Å². The molecule has 0 aliphatic carbocycles. The maximum absolute atomic E-state index is 11.5. The topological polar surface area (TPSA) is 92.4 Å². The van der Waals surface area contributed by atoms with Crippen molar-refractivity contribution in [3.05, 3.63) is 33.8 Å². The Labute approximate surface area is 145 Å². The van der Waals surface area contributed by atoms with Crippen molar-refractivity contribution in [2.75, 3.05) is 6.54 Å². The molecular formula is C15H22BrClN2O3.